The van der Waals surface area contributed by atoms with Crippen LogP contribution < -0.4 is 10.1 Å². The van der Waals surface area contributed by atoms with Crippen molar-refractivity contribution in [3.05, 3.63) is 29.8 Å². The van der Waals surface area contributed by atoms with Gasteiger partial charge in [-0.05, 0) is 36.9 Å². The number of hydrogen-bond donors (Lipinski definition) is 2. The van der Waals surface area contributed by atoms with E-state index in [1.807, 2.05) is 12.1 Å². The molecule has 0 saturated heterocycles. The zero-order valence-corrected chi connectivity index (χ0v) is 9.93. The van der Waals surface area contributed by atoms with Crippen LogP contribution in [0, 0.1) is 5.92 Å². The lowest BCUT2D eigenvalue weighted by Crippen LogP contribution is -2.39. The van der Waals surface area contributed by atoms with Gasteiger partial charge >= 0.3 is 0 Å². The van der Waals surface area contributed by atoms with Crippen molar-refractivity contribution in [1.29, 1.82) is 0 Å². The summed E-state index contributed by atoms with van der Waals surface area (Å²) in [4.78, 5) is 0. The summed E-state index contributed by atoms with van der Waals surface area (Å²) in [6.45, 7) is 1.91. The van der Waals surface area contributed by atoms with Crippen molar-refractivity contribution in [2.75, 3.05) is 13.1 Å². The van der Waals surface area contributed by atoms with Gasteiger partial charge in [-0.25, -0.2) is 0 Å². The third-order valence-electron chi connectivity index (χ3n) is 3.73. The summed E-state index contributed by atoms with van der Waals surface area (Å²) in [5, 5.41) is 12.6. The zero-order valence-electron chi connectivity index (χ0n) is 9.93. The van der Waals surface area contributed by atoms with E-state index in [1.165, 1.54) is 5.56 Å². The van der Waals surface area contributed by atoms with Crippen LogP contribution in [-0.4, -0.2) is 30.4 Å². The number of benzene rings is 1. The van der Waals surface area contributed by atoms with Crippen LogP contribution >= 0.6 is 0 Å². The smallest absolute Gasteiger partial charge is 0.123 e. The molecule has 1 aromatic rings. The number of rotatable bonds is 4. The Morgan fingerprint density at radius 2 is 2.06 bits per heavy atom. The molecule has 0 radical (unpaired) electrons. The Bertz CT molecular complexity index is 363. The van der Waals surface area contributed by atoms with Gasteiger partial charge < -0.3 is 15.2 Å². The Morgan fingerprint density at radius 3 is 2.82 bits per heavy atom. The lowest BCUT2D eigenvalue weighted by atomic mass is 9.82. The molecule has 3 heteroatoms. The molecule has 0 aromatic heterocycles. The molecule has 0 bridgehead atoms. The van der Waals surface area contributed by atoms with Crippen LogP contribution in [0.1, 0.15) is 18.4 Å². The number of hydrogen-bond acceptors (Lipinski definition) is 3. The maximum absolute atomic E-state index is 9.20. The van der Waals surface area contributed by atoms with Gasteiger partial charge in [0, 0.05) is 13.0 Å². The number of aliphatic hydroxyl groups excluding tert-OH is 1. The first-order valence-electron chi connectivity index (χ1n) is 6.44. The Kier molecular flexibility index (Phi) is 3.04. The van der Waals surface area contributed by atoms with E-state index in [0.717, 1.165) is 38.1 Å². The molecule has 1 atom stereocenters. The third kappa shape index (κ3) is 2.45. The van der Waals surface area contributed by atoms with Crippen molar-refractivity contribution in [2.45, 2.75) is 31.5 Å². The Labute approximate surface area is 102 Å². The first-order chi connectivity index (χ1) is 8.31. The molecule has 3 nitrogen and oxygen atoms in total. The number of nitrogens with one attached hydrogen (secondary N) is 1. The van der Waals surface area contributed by atoms with Gasteiger partial charge in [-0.1, -0.05) is 18.2 Å². The van der Waals surface area contributed by atoms with E-state index in [9.17, 15) is 5.11 Å². The van der Waals surface area contributed by atoms with Crippen LogP contribution in [0.3, 0.4) is 0 Å². The fourth-order valence-electron chi connectivity index (χ4n) is 2.68. The molecule has 1 fully saturated rings. The Balaban J connectivity index is 1.40. The number of para-hydroxylation sites is 1. The van der Waals surface area contributed by atoms with Crippen molar-refractivity contribution in [2.24, 2.45) is 5.92 Å². The molecule has 2 aliphatic rings. The molecule has 1 aliphatic heterocycles. The van der Waals surface area contributed by atoms with Crippen LogP contribution in [-0.2, 0) is 6.42 Å². The second kappa shape index (κ2) is 4.67. The monoisotopic (exact) mass is 233 g/mol. The van der Waals surface area contributed by atoms with Crippen molar-refractivity contribution in [3.63, 3.8) is 0 Å². The fourth-order valence-corrected chi connectivity index (χ4v) is 2.68. The van der Waals surface area contributed by atoms with Crippen LogP contribution in [0.15, 0.2) is 24.3 Å². The number of ether oxygens (including phenoxy) is 1. The fraction of sp³-hybridized carbons (Fsp3) is 0.571. The predicted molar refractivity (Wildman–Crippen MR) is 66.2 cm³/mol. The highest BCUT2D eigenvalue weighted by Crippen LogP contribution is 2.28. The summed E-state index contributed by atoms with van der Waals surface area (Å²) in [7, 11) is 0. The van der Waals surface area contributed by atoms with E-state index >= 15 is 0 Å². The first-order valence-corrected chi connectivity index (χ1v) is 6.44. The molecule has 0 spiro atoms. The van der Waals surface area contributed by atoms with E-state index in [-0.39, 0.29) is 12.2 Å². The molecule has 1 unspecified atom stereocenters. The van der Waals surface area contributed by atoms with Crippen molar-refractivity contribution >= 4 is 0 Å². The standard InChI is InChI=1S/C14H19NO2/c16-12-5-10(6-12)8-15-9-13-7-11-3-1-2-4-14(11)17-13/h1-4,10,12-13,15-16H,5-9H2. The Morgan fingerprint density at radius 1 is 1.24 bits per heavy atom. The van der Waals surface area contributed by atoms with E-state index < -0.39 is 0 Å². The van der Waals surface area contributed by atoms with E-state index in [1.54, 1.807) is 0 Å². The van der Waals surface area contributed by atoms with Crippen LogP contribution in [0.25, 0.3) is 0 Å². The van der Waals surface area contributed by atoms with E-state index in [4.69, 9.17) is 4.74 Å². The summed E-state index contributed by atoms with van der Waals surface area (Å²) in [5.41, 5.74) is 1.32. The highest BCUT2D eigenvalue weighted by molar-refractivity contribution is 5.37. The summed E-state index contributed by atoms with van der Waals surface area (Å²) < 4.78 is 5.85. The summed E-state index contributed by atoms with van der Waals surface area (Å²) in [6, 6.07) is 8.26. The molecule has 92 valence electrons. The average molecular weight is 233 g/mol. The van der Waals surface area contributed by atoms with Gasteiger partial charge in [-0.3, -0.25) is 0 Å². The molecule has 0 amide bonds. The Hall–Kier alpha value is -1.06. The highest BCUT2D eigenvalue weighted by Gasteiger charge is 2.27. The second-order valence-corrected chi connectivity index (χ2v) is 5.20. The molecule has 3 rings (SSSR count). The lowest BCUT2D eigenvalue weighted by molar-refractivity contribution is 0.0421. The molecule has 17 heavy (non-hydrogen) atoms. The minimum absolute atomic E-state index is 0.0474. The van der Waals surface area contributed by atoms with Gasteiger partial charge in [0.1, 0.15) is 11.9 Å². The maximum Gasteiger partial charge on any atom is 0.123 e. The average Bonchev–Trinajstić information content (AvgIpc) is 2.69. The lowest BCUT2D eigenvalue weighted by Gasteiger charge is -2.31. The topological polar surface area (TPSA) is 41.5 Å². The predicted octanol–water partition coefficient (Wildman–Crippen LogP) is 1.35. The third-order valence-corrected chi connectivity index (χ3v) is 3.73. The van der Waals surface area contributed by atoms with Crippen LogP contribution in [0.4, 0.5) is 0 Å². The van der Waals surface area contributed by atoms with E-state index in [2.05, 4.69) is 17.4 Å². The molecule has 1 saturated carbocycles. The summed E-state index contributed by atoms with van der Waals surface area (Å²) in [6.07, 6.45) is 3.15. The number of fused-ring (bicyclic) bond motifs is 1. The number of aliphatic hydroxyl groups is 1. The second-order valence-electron chi connectivity index (χ2n) is 5.20. The van der Waals surface area contributed by atoms with Gasteiger partial charge in [-0.2, -0.15) is 0 Å². The maximum atomic E-state index is 9.20. The summed E-state index contributed by atoms with van der Waals surface area (Å²) >= 11 is 0. The first kappa shape index (κ1) is 11.1. The molecular weight excluding hydrogens is 214 g/mol. The van der Waals surface area contributed by atoms with Gasteiger partial charge in [0.25, 0.3) is 0 Å². The highest BCUT2D eigenvalue weighted by atomic mass is 16.5. The SMILES string of the molecule is OC1CC(CNCC2Cc3ccccc3O2)C1. The molecular formula is C14H19NO2. The largest absolute Gasteiger partial charge is 0.488 e. The van der Waals surface area contributed by atoms with Gasteiger partial charge in [0.2, 0.25) is 0 Å². The minimum atomic E-state index is -0.0474. The normalized spacial score (nSPS) is 30.5. The van der Waals surface area contributed by atoms with E-state index in [0.29, 0.717) is 5.92 Å². The van der Waals surface area contributed by atoms with Gasteiger partial charge in [0.15, 0.2) is 0 Å². The van der Waals surface area contributed by atoms with Crippen LogP contribution in [0.2, 0.25) is 0 Å². The molecule has 1 aliphatic carbocycles. The van der Waals surface area contributed by atoms with Gasteiger partial charge in [0.05, 0.1) is 6.10 Å². The van der Waals surface area contributed by atoms with Crippen molar-refractivity contribution in [3.8, 4) is 5.75 Å². The van der Waals surface area contributed by atoms with Gasteiger partial charge in [-0.15, -0.1) is 0 Å². The van der Waals surface area contributed by atoms with Crippen molar-refractivity contribution < 1.29 is 9.84 Å². The molecule has 1 aromatic carbocycles. The summed E-state index contributed by atoms with van der Waals surface area (Å²) in [5.74, 6) is 1.70. The quantitative estimate of drug-likeness (QED) is 0.825. The van der Waals surface area contributed by atoms with Crippen molar-refractivity contribution in [1.82, 2.24) is 5.32 Å². The molecule has 2 N–H and O–H groups in total. The molecule has 1 heterocycles. The minimum Gasteiger partial charge on any atom is -0.488 e. The zero-order chi connectivity index (χ0) is 11.7. The van der Waals surface area contributed by atoms with Crippen LogP contribution in [0.5, 0.6) is 5.75 Å².